The smallest absolute Gasteiger partial charge is 0.245 e. The molecule has 0 saturated heterocycles. The summed E-state index contributed by atoms with van der Waals surface area (Å²) in [6.45, 7) is 0.00998. The normalized spacial score (nSPS) is 16.0. The van der Waals surface area contributed by atoms with Gasteiger partial charge in [-0.2, -0.15) is 0 Å². The summed E-state index contributed by atoms with van der Waals surface area (Å²) in [7, 11) is -3.73. The number of amides is 2. The molecule has 0 aromatic heterocycles. The zero-order valence-electron chi connectivity index (χ0n) is 7.70. The molecule has 0 aliphatic carbocycles. The van der Waals surface area contributed by atoms with Crippen LogP contribution in [0.25, 0.3) is 0 Å². The lowest BCUT2D eigenvalue weighted by atomic mass is 10.4. The number of sulfonamides is 1. The highest BCUT2D eigenvalue weighted by Gasteiger charge is 2.30. The average Bonchev–Trinajstić information content (AvgIpc) is 2.66. The number of carbonyl (C=O) groups excluding carboxylic acids is 1. The molecule has 5 nitrogen and oxygen atoms in total. The molecular weight excluding hydrogens is 216 g/mol. The molecule has 1 aliphatic heterocycles. The van der Waals surface area contributed by atoms with Crippen molar-refractivity contribution in [2.75, 3.05) is 6.54 Å². The van der Waals surface area contributed by atoms with Crippen LogP contribution in [0.4, 0.5) is 4.79 Å². The minimum Gasteiger partial charge on any atom is -0.245 e. The minimum absolute atomic E-state index is 0.00998. The zero-order valence-corrected chi connectivity index (χ0v) is 8.52. The number of hydrogen-bond acceptors (Lipinski definition) is 3. The highest BCUT2D eigenvalue weighted by Crippen LogP contribution is 2.17. The lowest BCUT2D eigenvalue weighted by molar-refractivity contribution is 0.238. The van der Waals surface area contributed by atoms with E-state index in [-0.39, 0.29) is 11.4 Å². The van der Waals surface area contributed by atoms with E-state index in [0.29, 0.717) is 0 Å². The van der Waals surface area contributed by atoms with Gasteiger partial charge in [0.05, 0.1) is 11.4 Å². The van der Waals surface area contributed by atoms with Gasteiger partial charge < -0.3 is 0 Å². The van der Waals surface area contributed by atoms with E-state index in [1.165, 1.54) is 18.3 Å². The standard InChI is InChI=1S/C9H8N2O3S/c12-9-10-6-7-11(9)15(13,14)8-4-2-1-3-5-8/h1-6H,7H2. The molecule has 0 bridgehead atoms. The fraction of sp³-hybridized carbons (Fsp3) is 0.111. The molecule has 0 radical (unpaired) electrons. The van der Waals surface area contributed by atoms with E-state index in [1.807, 2.05) is 0 Å². The summed E-state index contributed by atoms with van der Waals surface area (Å²) in [5.41, 5.74) is 0. The van der Waals surface area contributed by atoms with Crippen molar-refractivity contribution in [1.29, 1.82) is 0 Å². The molecule has 1 aliphatic rings. The average molecular weight is 224 g/mol. The molecule has 2 rings (SSSR count). The van der Waals surface area contributed by atoms with E-state index in [0.717, 1.165) is 4.31 Å². The quantitative estimate of drug-likeness (QED) is 0.749. The van der Waals surface area contributed by atoms with Gasteiger partial charge in [-0.05, 0) is 12.1 Å². The summed E-state index contributed by atoms with van der Waals surface area (Å²) in [6, 6.07) is 7.07. The Balaban J connectivity index is 2.41. The molecule has 1 aromatic rings. The predicted molar refractivity (Wildman–Crippen MR) is 54.2 cm³/mol. The number of carbonyl (C=O) groups is 1. The van der Waals surface area contributed by atoms with Crippen LogP contribution in [0.1, 0.15) is 0 Å². The SMILES string of the molecule is O=C1N=CCN1S(=O)(=O)c1ccccc1. The molecule has 0 fully saturated rings. The molecule has 0 saturated carbocycles. The van der Waals surface area contributed by atoms with E-state index in [1.54, 1.807) is 18.2 Å². The van der Waals surface area contributed by atoms with Gasteiger partial charge in [0.1, 0.15) is 0 Å². The van der Waals surface area contributed by atoms with Gasteiger partial charge in [-0.25, -0.2) is 22.5 Å². The van der Waals surface area contributed by atoms with Gasteiger partial charge in [0.2, 0.25) is 0 Å². The monoisotopic (exact) mass is 224 g/mol. The Labute approximate surface area is 87.1 Å². The second kappa shape index (κ2) is 3.47. The van der Waals surface area contributed by atoms with Gasteiger partial charge in [0.25, 0.3) is 10.0 Å². The fourth-order valence-electron chi connectivity index (χ4n) is 1.26. The van der Waals surface area contributed by atoms with Gasteiger partial charge in [0.15, 0.2) is 0 Å². The van der Waals surface area contributed by atoms with Crippen molar-refractivity contribution in [2.24, 2.45) is 4.99 Å². The second-order valence-corrected chi connectivity index (χ2v) is 4.81. The molecule has 1 aromatic carbocycles. The summed E-state index contributed by atoms with van der Waals surface area (Å²) in [4.78, 5) is 14.6. The Hall–Kier alpha value is -1.69. The van der Waals surface area contributed by atoms with Crippen LogP contribution < -0.4 is 0 Å². The molecule has 2 amide bonds. The fourth-order valence-corrected chi connectivity index (χ4v) is 2.53. The van der Waals surface area contributed by atoms with Crippen molar-refractivity contribution in [3.63, 3.8) is 0 Å². The third kappa shape index (κ3) is 1.63. The Morgan fingerprint density at radius 1 is 1.20 bits per heavy atom. The van der Waals surface area contributed by atoms with E-state index in [9.17, 15) is 13.2 Å². The minimum atomic E-state index is -3.73. The molecule has 15 heavy (non-hydrogen) atoms. The Kier molecular flexibility index (Phi) is 2.28. The molecule has 78 valence electrons. The first-order chi connectivity index (χ1) is 7.12. The molecule has 0 unspecified atom stereocenters. The van der Waals surface area contributed by atoms with Gasteiger partial charge in [0, 0.05) is 6.21 Å². The van der Waals surface area contributed by atoms with Gasteiger partial charge in [-0.3, -0.25) is 0 Å². The summed E-state index contributed by atoms with van der Waals surface area (Å²) in [5.74, 6) is 0. The summed E-state index contributed by atoms with van der Waals surface area (Å²) in [5, 5.41) is 0. The van der Waals surface area contributed by atoms with Gasteiger partial charge >= 0.3 is 6.03 Å². The van der Waals surface area contributed by atoms with Crippen molar-refractivity contribution in [1.82, 2.24) is 4.31 Å². The van der Waals surface area contributed by atoms with Crippen LogP contribution >= 0.6 is 0 Å². The van der Waals surface area contributed by atoms with E-state index >= 15 is 0 Å². The molecular formula is C9H8N2O3S. The molecule has 0 N–H and O–H groups in total. The Morgan fingerprint density at radius 3 is 2.40 bits per heavy atom. The number of benzene rings is 1. The Morgan fingerprint density at radius 2 is 1.87 bits per heavy atom. The molecule has 0 spiro atoms. The third-order valence-corrected chi connectivity index (χ3v) is 3.75. The Bertz CT molecular complexity index is 507. The van der Waals surface area contributed by atoms with E-state index < -0.39 is 16.1 Å². The third-order valence-electron chi connectivity index (χ3n) is 1.99. The molecule has 0 atom stereocenters. The number of nitrogens with zero attached hydrogens (tertiary/aromatic N) is 2. The van der Waals surface area contributed by atoms with Crippen LogP contribution in [0, 0.1) is 0 Å². The first kappa shape index (κ1) is 9.85. The highest BCUT2D eigenvalue weighted by atomic mass is 32.2. The first-order valence-electron chi connectivity index (χ1n) is 4.26. The lowest BCUT2D eigenvalue weighted by Gasteiger charge is -2.14. The van der Waals surface area contributed by atoms with Crippen molar-refractivity contribution in [3.05, 3.63) is 30.3 Å². The summed E-state index contributed by atoms with van der Waals surface area (Å²) >= 11 is 0. The summed E-state index contributed by atoms with van der Waals surface area (Å²) < 4.78 is 24.5. The summed E-state index contributed by atoms with van der Waals surface area (Å²) in [6.07, 6.45) is 1.28. The largest absolute Gasteiger partial charge is 0.357 e. The van der Waals surface area contributed by atoms with Crippen molar-refractivity contribution < 1.29 is 13.2 Å². The number of urea groups is 1. The van der Waals surface area contributed by atoms with Crippen molar-refractivity contribution in [2.45, 2.75) is 4.90 Å². The predicted octanol–water partition coefficient (Wildman–Crippen LogP) is 0.882. The van der Waals surface area contributed by atoms with Crippen LogP contribution in [0.15, 0.2) is 40.2 Å². The highest BCUT2D eigenvalue weighted by molar-refractivity contribution is 7.89. The van der Waals surface area contributed by atoms with Gasteiger partial charge in [-0.15, -0.1) is 0 Å². The second-order valence-electron chi connectivity index (χ2n) is 2.94. The van der Waals surface area contributed by atoms with Crippen LogP contribution in [-0.4, -0.2) is 31.5 Å². The maximum Gasteiger partial charge on any atom is 0.357 e. The first-order valence-corrected chi connectivity index (χ1v) is 5.70. The number of aliphatic imine (C=N–C) groups is 1. The lowest BCUT2D eigenvalue weighted by Crippen LogP contribution is -2.32. The molecule has 6 heteroatoms. The van der Waals surface area contributed by atoms with Crippen LogP contribution in [0.2, 0.25) is 0 Å². The number of hydrogen-bond donors (Lipinski definition) is 0. The maximum absolute atomic E-state index is 11.9. The van der Waals surface area contributed by atoms with Gasteiger partial charge in [-0.1, -0.05) is 18.2 Å². The number of rotatable bonds is 2. The topological polar surface area (TPSA) is 66.8 Å². The van der Waals surface area contributed by atoms with Crippen molar-refractivity contribution in [3.8, 4) is 0 Å². The van der Waals surface area contributed by atoms with Crippen molar-refractivity contribution >= 4 is 22.3 Å². The van der Waals surface area contributed by atoms with Crippen LogP contribution in [0.3, 0.4) is 0 Å². The maximum atomic E-state index is 11.9. The molecule has 1 heterocycles. The van der Waals surface area contributed by atoms with E-state index in [2.05, 4.69) is 4.99 Å². The zero-order chi connectivity index (χ0) is 10.9. The van der Waals surface area contributed by atoms with E-state index in [4.69, 9.17) is 0 Å². The van der Waals surface area contributed by atoms with Crippen LogP contribution in [0.5, 0.6) is 0 Å². The van der Waals surface area contributed by atoms with Crippen LogP contribution in [-0.2, 0) is 10.0 Å².